The molecule has 0 bridgehead atoms. The summed E-state index contributed by atoms with van der Waals surface area (Å²) in [6, 6.07) is 8.09. The number of aliphatic hydroxyl groups excluding tert-OH is 1. The maximum absolute atomic E-state index is 8.96. The number of hydrogen-bond acceptors (Lipinski definition) is 5. The predicted molar refractivity (Wildman–Crippen MR) is 90.3 cm³/mol. The summed E-state index contributed by atoms with van der Waals surface area (Å²) in [6.07, 6.45) is 3.20. The van der Waals surface area contributed by atoms with Gasteiger partial charge in [-0.05, 0) is 37.3 Å². The van der Waals surface area contributed by atoms with E-state index in [-0.39, 0.29) is 6.61 Å². The summed E-state index contributed by atoms with van der Waals surface area (Å²) >= 11 is 0. The molecular formula is C17H24N4O. The number of rotatable bonds is 5. The molecule has 1 saturated heterocycles. The Morgan fingerprint density at radius 2 is 2.18 bits per heavy atom. The standard InChI is InChI=1S/C17H24N4O/c1-13-6-4-10-21(12-13)17-19-15-8-3-2-7-14(15)16(20-17)18-9-5-11-22/h2-3,7-8,13,22H,4-6,9-12H2,1H3,(H,18,19,20). The van der Waals surface area contributed by atoms with Gasteiger partial charge in [0.05, 0.1) is 5.52 Å². The van der Waals surface area contributed by atoms with Crippen molar-refractivity contribution in [2.75, 3.05) is 36.5 Å². The third-order valence-corrected chi connectivity index (χ3v) is 4.16. The van der Waals surface area contributed by atoms with Gasteiger partial charge in [-0.15, -0.1) is 0 Å². The Balaban J connectivity index is 1.93. The molecule has 2 heterocycles. The van der Waals surface area contributed by atoms with E-state index >= 15 is 0 Å². The third kappa shape index (κ3) is 3.30. The molecule has 5 heteroatoms. The topological polar surface area (TPSA) is 61.3 Å². The molecule has 2 aromatic rings. The lowest BCUT2D eigenvalue weighted by Crippen LogP contribution is -2.35. The van der Waals surface area contributed by atoms with Crippen LogP contribution in [0.5, 0.6) is 0 Å². The third-order valence-electron chi connectivity index (χ3n) is 4.16. The van der Waals surface area contributed by atoms with Crippen LogP contribution in [-0.4, -0.2) is 41.3 Å². The van der Waals surface area contributed by atoms with E-state index in [1.54, 1.807) is 0 Å². The fourth-order valence-corrected chi connectivity index (χ4v) is 3.00. The van der Waals surface area contributed by atoms with Crippen molar-refractivity contribution in [1.29, 1.82) is 0 Å². The van der Waals surface area contributed by atoms with Gasteiger partial charge in [0.15, 0.2) is 0 Å². The Bertz CT molecular complexity index is 631. The normalized spacial score (nSPS) is 18.6. The zero-order valence-corrected chi connectivity index (χ0v) is 13.1. The van der Waals surface area contributed by atoms with Crippen molar-refractivity contribution in [3.63, 3.8) is 0 Å². The van der Waals surface area contributed by atoms with Crippen LogP contribution in [0.15, 0.2) is 24.3 Å². The number of aromatic nitrogens is 2. The molecular weight excluding hydrogens is 276 g/mol. The molecule has 2 N–H and O–H groups in total. The Hall–Kier alpha value is -1.88. The van der Waals surface area contributed by atoms with Crippen LogP contribution in [0.4, 0.5) is 11.8 Å². The van der Waals surface area contributed by atoms with Gasteiger partial charge in [-0.1, -0.05) is 19.1 Å². The monoisotopic (exact) mass is 300 g/mol. The largest absolute Gasteiger partial charge is 0.396 e. The molecule has 0 aliphatic carbocycles. The first-order chi connectivity index (χ1) is 10.8. The number of piperidine rings is 1. The van der Waals surface area contributed by atoms with Crippen molar-refractivity contribution < 1.29 is 5.11 Å². The average molecular weight is 300 g/mol. The van der Waals surface area contributed by atoms with Crippen LogP contribution in [0, 0.1) is 5.92 Å². The number of aliphatic hydroxyl groups is 1. The van der Waals surface area contributed by atoms with E-state index in [1.807, 2.05) is 24.3 Å². The molecule has 0 amide bonds. The summed E-state index contributed by atoms with van der Waals surface area (Å²) in [5.74, 6) is 2.37. The van der Waals surface area contributed by atoms with Crippen LogP contribution in [0.1, 0.15) is 26.2 Å². The first-order valence-corrected chi connectivity index (χ1v) is 8.14. The zero-order chi connectivity index (χ0) is 15.4. The van der Waals surface area contributed by atoms with Crippen LogP contribution < -0.4 is 10.2 Å². The summed E-state index contributed by atoms with van der Waals surface area (Å²) in [5, 5.41) is 13.3. The van der Waals surface area contributed by atoms with Gasteiger partial charge >= 0.3 is 0 Å². The highest BCUT2D eigenvalue weighted by molar-refractivity contribution is 5.90. The number of nitrogens with one attached hydrogen (secondary N) is 1. The van der Waals surface area contributed by atoms with E-state index < -0.39 is 0 Å². The maximum atomic E-state index is 8.96. The number of benzene rings is 1. The molecule has 22 heavy (non-hydrogen) atoms. The van der Waals surface area contributed by atoms with E-state index in [9.17, 15) is 0 Å². The molecule has 118 valence electrons. The molecule has 0 spiro atoms. The van der Waals surface area contributed by atoms with Crippen LogP contribution in [0.2, 0.25) is 0 Å². The Kier molecular flexibility index (Phi) is 4.73. The molecule has 1 atom stereocenters. The van der Waals surface area contributed by atoms with E-state index in [0.29, 0.717) is 18.9 Å². The lowest BCUT2D eigenvalue weighted by atomic mass is 10.0. The molecule has 1 fully saturated rings. The molecule has 3 rings (SSSR count). The van der Waals surface area contributed by atoms with Crippen LogP contribution in [-0.2, 0) is 0 Å². The molecule has 1 aliphatic rings. The fraction of sp³-hybridized carbons (Fsp3) is 0.529. The van der Waals surface area contributed by atoms with Crippen molar-refractivity contribution in [1.82, 2.24) is 9.97 Å². The van der Waals surface area contributed by atoms with E-state index in [0.717, 1.165) is 35.8 Å². The quantitative estimate of drug-likeness (QED) is 0.831. The van der Waals surface area contributed by atoms with Gasteiger partial charge in [-0.3, -0.25) is 0 Å². The van der Waals surface area contributed by atoms with Crippen molar-refractivity contribution in [2.45, 2.75) is 26.2 Å². The van der Waals surface area contributed by atoms with Gasteiger partial charge in [0.25, 0.3) is 0 Å². The van der Waals surface area contributed by atoms with E-state index in [4.69, 9.17) is 15.1 Å². The van der Waals surface area contributed by atoms with Gasteiger partial charge in [0.1, 0.15) is 5.82 Å². The molecule has 1 aromatic heterocycles. The molecule has 1 aromatic carbocycles. The van der Waals surface area contributed by atoms with Crippen LogP contribution >= 0.6 is 0 Å². The zero-order valence-electron chi connectivity index (χ0n) is 13.1. The molecule has 5 nitrogen and oxygen atoms in total. The average Bonchev–Trinajstić information content (AvgIpc) is 2.55. The van der Waals surface area contributed by atoms with Gasteiger partial charge in [-0.2, -0.15) is 4.98 Å². The Labute approximate surface area is 131 Å². The highest BCUT2D eigenvalue weighted by Crippen LogP contribution is 2.26. The van der Waals surface area contributed by atoms with Crippen LogP contribution in [0.3, 0.4) is 0 Å². The van der Waals surface area contributed by atoms with Crippen molar-refractivity contribution in [3.8, 4) is 0 Å². The van der Waals surface area contributed by atoms with Gasteiger partial charge < -0.3 is 15.3 Å². The fourth-order valence-electron chi connectivity index (χ4n) is 3.00. The second-order valence-electron chi connectivity index (χ2n) is 6.09. The number of hydrogen-bond donors (Lipinski definition) is 2. The molecule has 1 aliphatic heterocycles. The van der Waals surface area contributed by atoms with Crippen LogP contribution in [0.25, 0.3) is 10.9 Å². The van der Waals surface area contributed by atoms with Crippen molar-refractivity contribution in [3.05, 3.63) is 24.3 Å². The first-order valence-electron chi connectivity index (χ1n) is 8.14. The highest BCUT2D eigenvalue weighted by atomic mass is 16.3. The van der Waals surface area contributed by atoms with Gasteiger partial charge in [0.2, 0.25) is 5.95 Å². The number of anilines is 2. The number of para-hydroxylation sites is 1. The molecule has 0 saturated carbocycles. The minimum Gasteiger partial charge on any atom is -0.396 e. The maximum Gasteiger partial charge on any atom is 0.227 e. The molecule has 1 unspecified atom stereocenters. The Morgan fingerprint density at radius 3 is 3.00 bits per heavy atom. The van der Waals surface area contributed by atoms with E-state index in [1.165, 1.54) is 12.8 Å². The first kappa shape index (κ1) is 15.0. The second kappa shape index (κ2) is 6.92. The minimum atomic E-state index is 0.187. The summed E-state index contributed by atoms with van der Waals surface area (Å²) in [5.41, 5.74) is 0.970. The number of nitrogens with zero attached hydrogens (tertiary/aromatic N) is 3. The summed E-state index contributed by atoms with van der Waals surface area (Å²) < 4.78 is 0. The summed E-state index contributed by atoms with van der Waals surface area (Å²) in [6.45, 7) is 5.24. The summed E-state index contributed by atoms with van der Waals surface area (Å²) in [7, 11) is 0. The predicted octanol–water partition coefficient (Wildman–Crippen LogP) is 2.66. The highest BCUT2D eigenvalue weighted by Gasteiger charge is 2.20. The number of fused-ring (bicyclic) bond motifs is 1. The SMILES string of the molecule is CC1CCCN(c2nc(NCCCO)c3ccccc3n2)C1. The Morgan fingerprint density at radius 1 is 1.32 bits per heavy atom. The summed E-state index contributed by atoms with van der Waals surface area (Å²) in [4.78, 5) is 11.8. The lowest BCUT2D eigenvalue weighted by Gasteiger charge is -2.31. The van der Waals surface area contributed by atoms with Gasteiger partial charge in [-0.25, -0.2) is 4.98 Å². The van der Waals surface area contributed by atoms with Crippen molar-refractivity contribution in [2.24, 2.45) is 5.92 Å². The van der Waals surface area contributed by atoms with Crippen molar-refractivity contribution >= 4 is 22.7 Å². The molecule has 0 radical (unpaired) electrons. The smallest absolute Gasteiger partial charge is 0.227 e. The van der Waals surface area contributed by atoms with E-state index in [2.05, 4.69) is 17.1 Å². The lowest BCUT2D eigenvalue weighted by molar-refractivity contribution is 0.292. The minimum absolute atomic E-state index is 0.187. The van der Waals surface area contributed by atoms with Gasteiger partial charge in [0, 0.05) is 31.6 Å². The second-order valence-corrected chi connectivity index (χ2v) is 6.09.